The maximum absolute atomic E-state index is 12.1. The van der Waals surface area contributed by atoms with Crippen LogP contribution in [0.2, 0.25) is 0 Å². The molecule has 0 saturated heterocycles. The van der Waals surface area contributed by atoms with E-state index in [9.17, 15) is 9.59 Å². The number of ether oxygens (including phenoxy) is 2. The smallest absolute Gasteiger partial charge is 0.407 e. The zero-order chi connectivity index (χ0) is 17.3. The van der Waals surface area contributed by atoms with Crippen molar-refractivity contribution in [3.05, 3.63) is 35.4 Å². The minimum Gasteiger partial charge on any atom is -0.444 e. The van der Waals surface area contributed by atoms with Crippen LogP contribution < -0.4 is 10.6 Å². The van der Waals surface area contributed by atoms with Gasteiger partial charge >= 0.3 is 6.09 Å². The van der Waals surface area contributed by atoms with E-state index in [1.165, 1.54) is 0 Å². The van der Waals surface area contributed by atoms with Crippen LogP contribution in [0.15, 0.2) is 24.3 Å². The first-order valence-corrected chi connectivity index (χ1v) is 7.65. The van der Waals surface area contributed by atoms with Crippen LogP contribution in [0.3, 0.4) is 0 Å². The van der Waals surface area contributed by atoms with Gasteiger partial charge in [-0.15, -0.1) is 0 Å². The highest BCUT2D eigenvalue weighted by molar-refractivity contribution is 5.95. The summed E-state index contributed by atoms with van der Waals surface area (Å²) in [4.78, 5) is 23.6. The van der Waals surface area contributed by atoms with Crippen molar-refractivity contribution in [2.45, 2.75) is 39.4 Å². The van der Waals surface area contributed by atoms with Gasteiger partial charge in [-0.05, 0) is 38.8 Å². The molecular formula is C17H26N2O4. The summed E-state index contributed by atoms with van der Waals surface area (Å²) in [6.45, 7) is 6.73. The van der Waals surface area contributed by atoms with Gasteiger partial charge in [0, 0.05) is 25.8 Å². The Labute approximate surface area is 137 Å². The number of alkyl carbamates (subject to hydrolysis) is 1. The third kappa shape index (κ3) is 7.65. The SMILES string of the molecule is COCc1ccccc1C(=O)NCCCNC(=O)OC(C)(C)C. The van der Waals surface area contributed by atoms with E-state index in [0.717, 1.165) is 5.56 Å². The van der Waals surface area contributed by atoms with E-state index in [0.29, 0.717) is 31.7 Å². The van der Waals surface area contributed by atoms with Gasteiger partial charge in [0.2, 0.25) is 0 Å². The second kappa shape index (κ2) is 9.15. The molecule has 1 aromatic carbocycles. The van der Waals surface area contributed by atoms with Crippen molar-refractivity contribution in [3.63, 3.8) is 0 Å². The molecule has 0 fully saturated rings. The first-order chi connectivity index (χ1) is 10.8. The topological polar surface area (TPSA) is 76.7 Å². The van der Waals surface area contributed by atoms with Crippen LogP contribution in [0.4, 0.5) is 4.79 Å². The average molecular weight is 322 g/mol. The lowest BCUT2D eigenvalue weighted by Crippen LogP contribution is -2.34. The second-order valence-corrected chi connectivity index (χ2v) is 6.13. The number of hydrogen-bond donors (Lipinski definition) is 2. The molecule has 0 atom stereocenters. The van der Waals surface area contributed by atoms with Crippen LogP contribution in [0, 0.1) is 0 Å². The Morgan fingerprint density at radius 2 is 1.74 bits per heavy atom. The summed E-state index contributed by atoms with van der Waals surface area (Å²) in [5.74, 6) is -0.144. The second-order valence-electron chi connectivity index (χ2n) is 6.13. The van der Waals surface area contributed by atoms with Gasteiger partial charge in [0.15, 0.2) is 0 Å². The molecular weight excluding hydrogens is 296 g/mol. The summed E-state index contributed by atoms with van der Waals surface area (Å²) in [5.41, 5.74) is 0.942. The van der Waals surface area contributed by atoms with Gasteiger partial charge in [0.25, 0.3) is 5.91 Å². The van der Waals surface area contributed by atoms with E-state index in [4.69, 9.17) is 9.47 Å². The third-order valence-corrected chi connectivity index (χ3v) is 2.87. The fraction of sp³-hybridized carbons (Fsp3) is 0.529. The van der Waals surface area contributed by atoms with Crippen molar-refractivity contribution in [2.24, 2.45) is 0 Å². The fourth-order valence-corrected chi connectivity index (χ4v) is 1.91. The van der Waals surface area contributed by atoms with E-state index < -0.39 is 11.7 Å². The third-order valence-electron chi connectivity index (χ3n) is 2.87. The van der Waals surface area contributed by atoms with Crippen molar-refractivity contribution < 1.29 is 19.1 Å². The molecule has 128 valence electrons. The molecule has 2 amide bonds. The van der Waals surface area contributed by atoms with Crippen LogP contribution in [0.25, 0.3) is 0 Å². The van der Waals surface area contributed by atoms with Crippen molar-refractivity contribution in [1.82, 2.24) is 10.6 Å². The maximum Gasteiger partial charge on any atom is 0.407 e. The van der Waals surface area contributed by atoms with Gasteiger partial charge in [0.1, 0.15) is 5.60 Å². The number of amides is 2. The van der Waals surface area contributed by atoms with Gasteiger partial charge < -0.3 is 20.1 Å². The van der Waals surface area contributed by atoms with Crippen molar-refractivity contribution in [1.29, 1.82) is 0 Å². The number of methoxy groups -OCH3 is 1. The Hall–Kier alpha value is -2.08. The highest BCUT2D eigenvalue weighted by atomic mass is 16.6. The molecule has 0 aromatic heterocycles. The van der Waals surface area contributed by atoms with E-state index >= 15 is 0 Å². The number of carbonyl (C=O) groups is 2. The molecule has 0 spiro atoms. The molecule has 0 aliphatic heterocycles. The molecule has 6 nitrogen and oxygen atoms in total. The zero-order valence-electron chi connectivity index (χ0n) is 14.3. The van der Waals surface area contributed by atoms with Gasteiger partial charge in [-0.3, -0.25) is 4.79 Å². The standard InChI is InChI=1S/C17H26N2O4/c1-17(2,3)23-16(21)19-11-7-10-18-15(20)14-9-6-5-8-13(14)12-22-4/h5-6,8-9H,7,10-12H2,1-4H3,(H,18,20)(H,19,21). The summed E-state index contributed by atoms with van der Waals surface area (Å²) < 4.78 is 10.2. The average Bonchev–Trinajstić information content (AvgIpc) is 2.45. The van der Waals surface area contributed by atoms with Gasteiger partial charge in [-0.25, -0.2) is 4.79 Å². The Balaban J connectivity index is 2.31. The molecule has 1 aromatic rings. The minimum absolute atomic E-state index is 0.144. The van der Waals surface area contributed by atoms with Crippen LogP contribution in [-0.4, -0.2) is 37.8 Å². The number of rotatable bonds is 7. The molecule has 0 saturated carbocycles. The lowest BCUT2D eigenvalue weighted by Gasteiger charge is -2.19. The predicted molar refractivity (Wildman–Crippen MR) is 88.3 cm³/mol. The Bertz CT molecular complexity index is 524. The number of nitrogens with one attached hydrogen (secondary N) is 2. The lowest BCUT2D eigenvalue weighted by atomic mass is 10.1. The van der Waals surface area contributed by atoms with E-state index in [2.05, 4.69) is 10.6 Å². The lowest BCUT2D eigenvalue weighted by molar-refractivity contribution is 0.0527. The van der Waals surface area contributed by atoms with Crippen LogP contribution in [0.1, 0.15) is 43.1 Å². The molecule has 0 unspecified atom stereocenters. The monoisotopic (exact) mass is 322 g/mol. The summed E-state index contributed by atoms with van der Waals surface area (Å²) in [6, 6.07) is 7.32. The number of hydrogen-bond acceptors (Lipinski definition) is 4. The van der Waals surface area contributed by atoms with E-state index in [-0.39, 0.29) is 5.91 Å². The first kappa shape index (κ1) is 19.0. The van der Waals surface area contributed by atoms with E-state index in [1.54, 1.807) is 13.2 Å². The largest absolute Gasteiger partial charge is 0.444 e. The van der Waals surface area contributed by atoms with Gasteiger partial charge in [-0.1, -0.05) is 18.2 Å². The zero-order valence-corrected chi connectivity index (χ0v) is 14.3. The molecule has 0 aliphatic rings. The van der Waals surface area contributed by atoms with Crippen molar-refractivity contribution >= 4 is 12.0 Å². The van der Waals surface area contributed by atoms with Crippen LogP contribution in [0.5, 0.6) is 0 Å². The number of benzene rings is 1. The number of carbonyl (C=O) groups excluding carboxylic acids is 2. The molecule has 1 rings (SSSR count). The molecule has 0 radical (unpaired) electrons. The Morgan fingerprint density at radius 3 is 2.39 bits per heavy atom. The maximum atomic E-state index is 12.1. The molecule has 0 heterocycles. The summed E-state index contributed by atoms with van der Waals surface area (Å²) >= 11 is 0. The van der Waals surface area contributed by atoms with Gasteiger partial charge in [0.05, 0.1) is 6.61 Å². The summed E-state index contributed by atoms with van der Waals surface area (Å²) in [6.07, 6.45) is 0.173. The molecule has 2 N–H and O–H groups in total. The summed E-state index contributed by atoms with van der Waals surface area (Å²) in [5, 5.41) is 5.49. The first-order valence-electron chi connectivity index (χ1n) is 7.65. The Kier molecular flexibility index (Phi) is 7.54. The molecule has 6 heteroatoms. The molecule has 23 heavy (non-hydrogen) atoms. The predicted octanol–water partition coefficient (Wildman–Crippen LogP) is 2.48. The van der Waals surface area contributed by atoms with Crippen LogP contribution >= 0.6 is 0 Å². The highest BCUT2D eigenvalue weighted by Crippen LogP contribution is 2.09. The molecule has 0 aliphatic carbocycles. The molecule has 0 bridgehead atoms. The van der Waals surface area contributed by atoms with Crippen molar-refractivity contribution in [3.8, 4) is 0 Å². The minimum atomic E-state index is -0.511. The van der Waals surface area contributed by atoms with Crippen molar-refractivity contribution in [2.75, 3.05) is 20.2 Å². The quantitative estimate of drug-likeness (QED) is 0.756. The Morgan fingerprint density at radius 1 is 1.09 bits per heavy atom. The van der Waals surface area contributed by atoms with Gasteiger partial charge in [-0.2, -0.15) is 0 Å². The normalized spacial score (nSPS) is 11.0. The fourth-order valence-electron chi connectivity index (χ4n) is 1.91. The van der Waals surface area contributed by atoms with Crippen LogP contribution in [-0.2, 0) is 16.1 Å². The van der Waals surface area contributed by atoms with E-state index in [1.807, 2.05) is 39.0 Å². The summed E-state index contributed by atoms with van der Waals surface area (Å²) in [7, 11) is 1.59. The highest BCUT2D eigenvalue weighted by Gasteiger charge is 2.15.